The molecule has 31 heavy (non-hydrogen) atoms. The number of methoxy groups -OCH3 is 2. The number of fused-ring (bicyclic) bond motifs is 1. The molecule has 0 atom stereocenters. The second kappa shape index (κ2) is 8.49. The zero-order chi connectivity index (χ0) is 22.1. The van der Waals surface area contributed by atoms with Gasteiger partial charge in [-0.25, -0.2) is 4.98 Å². The van der Waals surface area contributed by atoms with Gasteiger partial charge in [0.1, 0.15) is 17.0 Å². The second-order valence-corrected chi connectivity index (χ2v) is 7.65. The Hall–Kier alpha value is -3.22. The number of aromatic nitrogens is 1. The lowest BCUT2D eigenvalue weighted by molar-refractivity contribution is 0.102. The van der Waals surface area contributed by atoms with E-state index >= 15 is 0 Å². The summed E-state index contributed by atoms with van der Waals surface area (Å²) in [4.78, 5) is 17.4. The van der Waals surface area contributed by atoms with Gasteiger partial charge < -0.3 is 19.2 Å². The van der Waals surface area contributed by atoms with E-state index in [0.717, 1.165) is 5.56 Å². The molecule has 4 aromatic rings. The third kappa shape index (κ3) is 4.17. The molecule has 8 heteroatoms. The fraction of sp³-hybridized carbons (Fsp3) is 0.130. The molecule has 0 aliphatic heterocycles. The number of anilines is 1. The van der Waals surface area contributed by atoms with Crippen LogP contribution in [0.15, 0.2) is 52.9 Å². The summed E-state index contributed by atoms with van der Waals surface area (Å²) in [6.07, 6.45) is 0. The van der Waals surface area contributed by atoms with Crippen molar-refractivity contribution in [2.24, 2.45) is 0 Å². The smallest absolute Gasteiger partial charge is 0.259 e. The third-order valence-electron chi connectivity index (χ3n) is 4.80. The number of amides is 1. The van der Waals surface area contributed by atoms with Crippen molar-refractivity contribution in [2.75, 3.05) is 19.5 Å². The SMILES string of the molecule is COc1ccc(C(=O)Nc2cc(-c3nc4cc(Cl)cc(Cl)c4o3)ccc2C)c(OC)c1. The molecule has 3 aromatic carbocycles. The van der Waals surface area contributed by atoms with Crippen molar-refractivity contribution in [1.82, 2.24) is 4.98 Å². The van der Waals surface area contributed by atoms with Gasteiger partial charge in [0.15, 0.2) is 5.58 Å². The average molecular weight is 457 g/mol. The molecule has 0 unspecified atom stereocenters. The number of aryl methyl sites for hydroxylation is 1. The van der Waals surface area contributed by atoms with Crippen molar-refractivity contribution >= 4 is 45.9 Å². The number of nitrogens with zero attached hydrogens (tertiary/aromatic N) is 1. The minimum absolute atomic E-state index is 0.313. The van der Waals surface area contributed by atoms with Crippen LogP contribution in [-0.2, 0) is 0 Å². The van der Waals surface area contributed by atoms with Gasteiger partial charge in [0.2, 0.25) is 5.89 Å². The number of benzene rings is 3. The van der Waals surface area contributed by atoms with Gasteiger partial charge in [-0.15, -0.1) is 0 Å². The van der Waals surface area contributed by atoms with Crippen molar-refractivity contribution in [3.63, 3.8) is 0 Å². The normalized spacial score (nSPS) is 10.9. The minimum atomic E-state index is -0.313. The molecule has 1 heterocycles. The standard InChI is InChI=1S/C23H18Cl2N2O4/c1-12-4-5-13(23-27-19-10-14(24)9-17(25)21(19)31-23)8-18(12)26-22(28)16-7-6-15(29-2)11-20(16)30-3/h4-11H,1-3H3,(H,26,28). The second-order valence-electron chi connectivity index (χ2n) is 6.80. The van der Waals surface area contributed by atoms with Gasteiger partial charge in [-0.2, -0.15) is 0 Å². The van der Waals surface area contributed by atoms with Gasteiger partial charge >= 0.3 is 0 Å². The van der Waals surface area contributed by atoms with Crippen molar-refractivity contribution in [3.05, 3.63) is 69.7 Å². The number of oxazole rings is 1. The molecule has 158 valence electrons. The van der Waals surface area contributed by atoms with Gasteiger partial charge in [0.25, 0.3) is 5.91 Å². The summed E-state index contributed by atoms with van der Waals surface area (Å²) < 4.78 is 16.4. The van der Waals surface area contributed by atoms with Crippen LogP contribution < -0.4 is 14.8 Å². The van der Waals surface area contributed by atoms with Gasteiger partial charge in [-0.05, 0) is 48.9 Å². The highest BCUT2D eigenvalue weighted by molar-refractivity contribution is 6.38. The summed E-state index contributed by atoms with van der Waals surface area (Å²) in [5.74, 6) is 1.07. The lowest BCUT2D eigenvalue weighted by atomic mass is 10.1. The maximum Gasteiger partial charge on any atom is 0.259 e. The number of hydrogen-bond acceptors (Lipinski definition) is 5. The Morgan fingerprint density at radius 1 is 1.03 bits per heavy atom. The number of rotatable bonds is 5. The molecule has 0 radical (unpaired) electrons. The summed E-state index contributed by atoms with van der Waals surface area (Å²) >= 11 is 12.3. The highest BCUT2D eigenvalue weighted by Gasteiger charge is 2.17. The van der Waals surface area contributed by atoms with E-state index in [1.54, 1.807) is 43.5 Å². The number of nitrogens with one attached hydrogen (secondary N) is 1. The van der Waals surface area contributed by atoms with E-state index in [0.29, 0.717) is 55.3 Å². The molecule has 0 spiro atoms. The summed E-state index contributed by atoms with van der Waals surface area (Å²) in [5.41, 5.74) is 3.58. The Balaban J connectivity index is 1.68. The van der Waals surface area contributed by atoms with Crippen LogP contribution in [0.5, 0.6) is 11.5 Å². The third-order valence-corrected chi connectivity index (χ3v) is 5.29. The molecule has 1 amide bonds. The number of carbonyl (C=O) groups excluding carboxylic acids is 1. The Kier molecular flexibility index (Phi) is 5.76. The molecular weight excluding hydrogens is 439 g/mol. The highest BCUT2D eigenvalue weighted by Crippen LogP contribution is 2.33. The van der Waals surface area contributed by atoms with Gasteiger partial charge in [-0.3, -0.25) is 4.79 Å². The average Bonchev–Trinajstić information content (AvgIpc) is 3.19. The van der Waals surface area contributed by atoms with Crippen molar-refractivity contribution in [1.29, 1.82) is 0 Å². The van der Waals surface area contributed by atoms with Gasteiger partial charge in [-0.1, -0.05) is 29.3 Å². The monoisotopic (exact) mass is 456 g/mol. The number of carbonyl (C=O) groups is 1. The molecule has 0 fully saturated rings. The van der Waals surface area contributed by atoms with Crippen LogP contribution >= 0.6 is 23.2 Å². The predicted molar refractivity (Wildman–Crippen MR) is 122 cm³/mol. The maximum atomic E-state index is 12.9. The van der Waals surface area contributed by atoms with E-state index in [9.17, 15) is 4.79 Å². The molecule has 0 saturated carbocycles. The molecule has 1 aromatic heterocycles. The van der Waals surface area contributed by atoms with Crippen LogP contribution in [0.3, 0.4) is 0 Å². The highest BCUT2D eigenvalue weighted by atomic mass is 35.5. The predicted octanol–water partition coefficient (Wildman–Crippen LogP) is 6.38. The molecule has 6 nitrogen and oxygen atoms in total. The van der Waals surface area contributed by atoms with Crippen LogP contribution in [0.4, 0.5) is 5.69 Å². The van der Waals surface area contributed by atoms with Gasteiger partial charge in [0, 0.05) is 22.3 Å². The first-order chi connectivity index (χ1) is 14.9. The van der Waals surface area contributed by atoms with Crippen LogP contribution in [0.2, 0.25) is 10.0 Å². The molecule has 0 aliphatic carbocycles. The first kappa shape index (κ1) is 21.0. The molecule has 4 rings (SSSR count). The fourth-order valence-electron chi connectivity index (χ4n) is 3.15. The molecular formula is C23H18Cl2N2O4. The quantitative estimate of drug-likeness (QED) is 0.377. The van der Waals surface area contributed by atoms with E-state index in [-0.39, 0.29) is 5.91 Å². The Bertz CT molecular complexity index is 1300. The number of ether oxygens (including phenoxy) is 2. The zero-order valence-corrected chi connectivity index (χ0v) is 18.5. The summed E-state index contributed by atoms with van der Waals surface area (Å²) in [6.45, 7) is 1.90. The van der Waals surface area contributed by atoms with Gasteiger partial charge in [0.05, 0.1) is 24.8 Å². The van der Waals surface area contributed by atoms with Crippen molar-refractivity contribution < 1.29 is 18.7 Å². The van der Waals surface area contributed by atoms with E-state index < -0.39 is 0 Å². The molecule has 0 saturated heterocycles. The first-order valence-corrected chi connectivity index (χ1v) is 10.0. The number of halogens is 2. The zero-order valence-electron chi connectivity index (χ0n) is 17.0. The molecule has 1 N–H and O–H groups in total. The van der Waals surface area contributed by atoms with Crippen LogP contribution in [0, 0.1) is 6.92 Å². The van der Waals surface area contributed by atoms with E-state index in [4.69, 9.17) is 37.1 Å². The summed E-state index contributed by atoms with van der Waals surface area (Å²) in [6, 6.07) is 13.8. The molecule has 0 bridgehead atoms. The maximum absolute atomic E-state index is 12.9. The van der Waals surface area contributed by atoms with Crippen LogP contribution in [0.25, 0.3) is 22.6 Å². The lowest BCUT2D eigenvalue weighted by Gasteiger charge is -2.13. The van der Waals surface area contributed by atoms with E-state index in [2.05, 4.69) is 10.3 Å². The van der Waals surface area contributed by atoms with Crippen LogP contribution in [0.1, 0.15) is 15.9 Å². The lowest BCUT2D eigenvalue weighted by Crippen LogP contribution is -2.14. The Labute approximate surface area is 188 Å². The minimum Gasteiger partial charge on any atom is -0.497 e. The van der Waals surface area contributed by atoms with Crippen LogP contribution in [-0.4, -0.2) is 25.1 Å². The van der Waals surface area contributed by atoms with E-state index in [1.165, 1.54) is 7.11 Å². The fourth-order valence-corrected chi connectivity index (χ4v) is 3.67. The number of hydrogen-bond donors (Lipinski definition) is 1. The first-order valence-electron chi connectivity index (χ1n) is 9.29. The largest absolute Gasteiger partial charge is 0.497 e. The van der Waals surface area contributed by atoms with Crippen molar-refractivity contribution in [2.45, 2.75) is 6.92 Å². The van der Waals surface area contributed by atoms with Crippen molar-refractivity contribution in [3.8, 4) is 23.0 Å². The molecule has 0 aliphatic rings. The summed E-state index contributed by atoms with van der Waals surface area (Å²) in [5, 5.41) is 3.78. The topological polar surface area (TPSA) is 73.6 Å². The Morgan fingerprint density at radius 2 is 1.84 bits per heavy atom. The Morgan fingerprint density at radius 3 is 2.58 bits per heavy atom. The summed E-state index contributed by atoms with van der Waals surface area (Å²) in [7, 11) is 3.05. The van der Waals surface area contributed by atoms with E-state index in [1.807, 2.05) is 19.1 Å².